The molecule has 4 nitrogen and oxygen atoms in total. The van der Waals surface area contributed by atoms with Crippen LogP contribution < -0.4 is 0 Å². The number of hydrogen-bond donors (Lipinski definition) is 0. The Kier molecular flexibility index (Phi) is 2.94. The van der Waals surface area contributed by atoms with Crippen LogP contribution in [0.25, 0.3) is 11.0 Å². The SMILES string of the molecule is Fc1ccccc1Cn1nc(I)c2ccnnc21. The maximum absolute atomic E-state index is 13.6. The molecule has 0 aliphatic carbocycles. The first-order valence-corrected chi connectivity index (χ1v) is 6.40. The van der Waals surface area contributed by atoms with E-state index in [-0.39, 0.29) is 5.82 Å². The number of benzene rings is 1. The van der Waals surface area contributed by atoms with E-state index in [4.69, 9.17) is 0 Å². The minimum absolute atomic E-state index is 0.236. The molecule has 18 heavy (non-hydrogen) atoms. The smallest absolute Gasteiger partial charge is 0.181 e. The van der Waals surface area contributed by atoms with Crippen LogP contribution in [0, 0.1) is 9.52 Å². The minimum atomic E-state index is -0.236. The Bertz CT molecular complexity index is 710. The fourth-order valence-electron chi connectivity index (χ4n) is 1.78. The number of hydrogen-bond acceptors (Lipinski definition) is 3. The Labute approximate surface area is 116 Å². The van der Waals surface area contributed by atoms with Crippen molar-refractivity contribution in [3.8, 4) is 0 Å². The highest BCUT2D eigenvalue weighted by atomic mass is 127. The first-order valence-electron chi connectivity index (χ1n) is 5.33. The van der Waals surface area contributed by atoms with Crippen molar-refractivity contribution >= 4 is 33.6 Å². The molecular weight excluding hydrogens is 346 g/mol. The molecule has 2 aromatic heterocycles. The quantitative estimate of drug-likeness (QED) is 0.665. The van der Waals surface area contributed by atoms with Crippen molar-refractivity contribution in [2.75, 3.05) is 0 Å². The second-order valence-electron chi connectivity index (χ2n) is 3.81. The molecular formula is C12H8FIN4. The van der Waals surface area contributed by atoms with Crippen molar-refractivity contribution in [2.24, 2.45) is 0 Å². The Morgan fingerprint density at radius 1 is 1.22 bits per heavy atom. The number of nitrogens with zero attached hydrogens (tertiary/aromatic N) is 4. The fourth-order valence-corrected chi connectivity index (χ4v) is 2.46. The normalized spacial score (nSPS) is 11.0. The first-order chi connectivity index (χ1) is 8.75. The molecule has 0 atom stereocenters. The van der Waals surface area contributed by atoms with E-state index < -0.39 is 0 Å². The van der Waals surface area contributed by atoms with Crippen LogP contribution in [-0.2, 0) is 6.54 Å². The van der Waals surface area contributed by atoms with Gasteiger partial charge in [-0.2, -0.15) is 10.2 Å². The van der Waals surface area contributed by atoms with Crippen LogP contribution in [0.3, 0.4) is 0 Å². The number of aromatic nitrogens is 4. The Morgan fingerprint density at radius 2 is 2.06 bits per heavy atom. The lowest BCUT2D eigenvalue weighted by Gasteiger charge is -2.03. The van der Waals surface area contributed by atoms with E-state index in [2.05, 4.69) is 37.9 Å². The molecule has 0 saturated carbocycles. The molecule has 0 radical (unpaired) electrons. The third-order valence-electron chi connectivity index (χ3n) is 2.65. The molecule has 0 aliphatic rings. The lowest BCUT2D eigenvalue weighted by molar-refractivity contribution is 0.587. The van der Waals surface area contributed by atoms with E-state index in [0.29, 0.717) is 17.8 Å². The lowest BCUT2D eigenvalue weighted by atomic mass is 10.2. The van der Waals surface area contributed by atoms with Gasteiger partial charge in [-0.3, -0.25) is 0 Å². The molecule has 0 aliphatic heterocycles. The van der Waals surface area contributed by atoms with Gasteiger partial charge >= 0.3 is 0 Å². The average Bonchev–Trinajstić information content (AvgIpc) is 2.70. The number of halogens is 2. The lowest BCUT2D eigenvalue weighted by Crippen LogP contribution is -2.05. The van der Waals surface area contributed by atoms with Crippen LogP contribution in [0.15, 0.2) is 36.5 Å². The standard InChI is InChI=1S/C12H8FIN4/c13-10-4-2-1-3-8(10)7-18-12-9(11(14)17-18)5-6-15-16-12/h1-6H,7H2. The van der Waals surface area contributed by atoms with Gasteiger partial charge in [0.1, 0.15) is 9.52 Å². The summed E-state index contributed by atoms with van der Waals surface area (Å²) in [5.74, 6) is -0.236. The van der Waals surface area contributed by atoms with Crippen molar-refractivity contribution in [1.82, 2.24) is 20.0 Å². The highest BCUT2D eigenvalue weighted by Crippen LogP contribution is 2.18. The summed E-state index contributed by atoms with van der Waals surface area (Å²) in [5.41, 5.74) is 1.26. The molecule has 0 unspecified atom stereocenters. The van der Waals surface area contributed by atoms with E-state index in [9.17, 15) is 4.39 Å². The van der Waals surface area contributed by atoms with E-state index >= 15 is 0 Å². The van der Waals surface area contributed by atoms with Gasteiger partial charge in [-0.1, -0.05) is 18.2 Å². The molecule has 0 fully saturated rings. The van der Waals surface area contributed by atoms with Crippen molar-refractivity contribution in [2.45, 2.75) is 6.54 Å². The van der Waals surface area contributed by atoms with Gasteiger partial charge in [-0.25, -0.2) is 9.07 Å². The first kappa shape index (κ1) is 11.5. The third-order valence-corrected chi connectivity index (χ3v) is 3.45. The van der Waals surface area contributed by atoms with Crippen LogP contribution in [0.1, 0.15) is 5.56 Å². The molecule has 3 rings (SSSR count). The molecule has 3 aromatic rings. The summed E-state index contributed by atoms with van der Waals surface area (Å²) >= 11 is 2.14. The maximum Gasteiger partial charge on any atom is 0.181 e. The van der Waals surface area contributed by atoms with Crippen LogP contribution >= 0.6 is 22.6 Å². The summed E-state index contributed by atoms with van der Waals surface area (Å²) in [5, 5.41) is 13.2. The fraction of sp³-hybridized carbons (Fsp3) is 0.0833. The zero-order valence-corrected chi connectivity index (χ0v) is 11.4. The van der Waals surface area contributed by atoms with Crippen LogP contribution in [-0.4, -0.2) is 20.0 Å². The number of rotatable bonds is 2. The number of fused-ring (bicyclic) bond motifs is 1. The Morgan fingerprint density at radius 3 is 2.89 bits per heavy atom. The van der Waals surface area contributed by atoms with E-state index in [1.165, 1.54) is 6.07 Å². The van der Waals surface area contributed by atoms with Gasteiger partial charge in [0.15, 0.2) is 5.65 Å². The molecule has 0 amide bonds. The van der Waals surface area contributed by atoms with Gasteiger partial charge in [-0.05, 0) is 34.7 Å². The van der Waals surface area contributed by atoms with Crippen LogP contribution in [0.2, 0.25) is 0 Å². The van der Waals surface area contributed by atoms with Gasteiger partial charge < -0.3 is 0 Å². The largest absolute Gasteiger partial charge is 0.240 e. The van der Waals surface area contributed by atoms with Crippen molar-refractivity contribution in [3.63, 3.8) is 0 Å². The average molecular weight is 354 g/mol. The van der Waals surface area contributed by atoms with Crippen molar-refractivity contribution in [3.05, 3.63) is 51.6 Å². The maximum atomic E-state index is 13.6. The summed E-state index contributed by atoms with van der Waals surface area (Å²) in [4.78, 5) is 0. The predicted octanol–water partition coefficient (Wildman–Crippen LogP) is 2.62. The minimum Gasteiger partial charge on any atom is -0.240 e. The Balaban J connectivity index is 2.08. The molecule has 90 valence electrons. The van der Waals surface area contributed by atoms with Gasteiger partial charge in [-0.15, -0.1) is 5.10 Å². The van der Waals surface area contributed by atoms with E-state index in [1.54, 1.807) is 29.1 Å². The zero-order chi connectivity index (χ0) is 12.5. The van der Waals surface area contributed by atoms with E-state index in [0.717, 1.165) is 9.09 Å². The third kappa shape index (κ3) is 1.96. The van der Waals surface area contributed by atoms with Gasteiger partial charge in [0.2, 0.25) is 0 Å². The summed E-state index contributed by atoms with van der Waals surface area (Å²) < 4.78 is 16.1. The monoisotopic (exact) mass is 354 g/mol. The second kappa shape index (κ2) is 4.60. The summed E-state index contributed by atoms with van der Waals surface area (Å²) in [7, 11) is 0. The van der Waals surface area contributed by atoms with Crippen LogP contribution in [0.5, 0.6) is 0 Å². The topological polar surface area (TPSA) is 43.6 Å². The summed E-state index contributed by atoms with van der Waals surface area (Å²) in [6.45, 7) is 0.352. The van der Waals surface area contributed by atoms with Crippen molar-refractivity contribution < 1.29 is 4.39 Å². The second-order valence-corrected chi connectivity index (χ2v) is 4.83. The molecule has 0 N–H and O–H groups in total. The van der Waals surface area contributed by atoms with Gasteiger partial charge in [0.25, 0.3) is 0 Å². The highest BCUT2D eigenvalue weighted by molar-refractivity contribution is 14.1. The molecule has 0 spiro atoms. The summed E-state index contributed by atoms with van der Waals surface area (Å²) in [6.07, 6.45) is 1.62. The van der Waals surface area contributed by atoms with Gasteiger partial charge in [0.05, 0.1) is 18.1 Å². The highest BCUT2D eigenvalue weighted by Gasteiger charge is 2.11. The zero-order valence-electron chi connectivity index (χ0n) is 9.22. The molecule has 6 heteroatoms. The molecule has 0 saturated heterocycles. The molecule has 2 heterocycles. The van der Waals surface area contributed by atoms with E-state index in [1.807, 2.05) is 6.07 Å². The molecule has 1 aromatic carbocycles. The van der Waals surface area contributed by atoms with Gasteiger partial charge in [0, 0.05) is 5.56 Å². The molecule has 0 bridgehead atoms. The summed E-state index contributed by atoms with van der Waals surface area (Å²) in [6, 6.07) is 8.52. The Hall–Kier alpha value is -1.57. The van der Waals surface area contributed by atoms with Crippen LogP contribution in [0.4, 0.5) is 4.39 Å². The predicted molar refractivity (Wildman–Crippen MR) is 73.5 cm³/mol. The van der Waals surface area contributed by atoms with Crippen molar-refractivity contribution in [1.29, 1.82) is 0 Å².